The van der Waals surface area contributed by atoms with Crippen molar-refractivity contribution in [1.29, 1.82) is 0 Å². The Morgan fingerprint density at radius 2 is 1.53 bits per heavy atom. The molecule has 228 valence electrons. The second kappa shape index (κ2) is 16.0. The standard InChI is InChI=1S/C33H40N4O6/c1-21(2)17-25(32(41)36-29(19-31(39)40)24-11-15-27(43-4)16-12-24)18-30(38)34-20-23-9-13-26(14-10-23)35-33(42)37-28-8-6-5-7-22(28)3/h5-16,21,25,29H,17-20H2,1-4H3,(H,34,38)(H,36,41)(H,39,40)(H2,35,37,42). The zero-order valence-electron chi connectivity index (χ0n) is 25.0. The highest BCUT2D eigenvalue weighted by Gasteiger charge is 2.27. The van der Waals surface area contributed by atoms with Gasteiger partial charge in [-0.2, -0.15) is 0 Å². The lowest BCUT2D eigenvalue weighted by Gasteiger charge is -2.23. The molecule has 3 aromatic rings. The maximum atomic E-state index is 13.3. The van der Waals surface area contributed by atoms with Crippen LogP contribution in [0.4, 0.5) is 16.2 Å². The summed E-state index contributed by atoms with van der Waals surface area (Å²) < 4.78 is 5.17. The molecule has 2 unspecified atom stereocenters. The summed E-state index contributed by atoms with van der Waals surface area (Å²) in [6.07, 6.45) is 0.134. The number of carbonyl (C=O) groups excluding carboxylic acids is 3. The van der Waals surface area contributed by atoms with E-state index in [1.165, 1.54) is 7.11 Å². The van der Waals surface area contributed by atoms with E-state index in [4.69, 9.17) is 4.74 Å². The second-order valence-corrected chi connectivity index (χ2v) is 10.8. The first-order chi connectivity index (χ1) is 20.5. The molecule has 0 spiro atoms. The van der Waals surface area contributed by atoms with Crippen molar-refractivity contribution in [2.75, 3.05) is 17.7 Å². The first-order valence-corrected chi connectivity index (χ1v) is 14.2. The summed E-state index contributed by atoms with van der Waals surface area (Å²) in [6, 6.07) is 20.3. The molecule has 0 bridgehead atoms. The van der Waals surface area contributed by atoms with Crippen LogP contribution in [-0.2, 0) is 20.9 Å². The molecule has 0 aliphatic carbocycles. The Kier molecular flexibility index (Phi) is 12.1. The van der Waals surface area contributed by atoms with Gasteiger partial charge in [-0.15, -0.1) is 0 Å². The van der Waals surface area contributed by atoms with Crippen molar-refractivity contribution in [3.63, 3.8) is 0 Å². The van der Waals surface area contributed by atoms with Crippen molar-refractivity contribution in [3.05, 3.63) is 89.5 Å². The van der Waals surface area contributed by atoms with Crippen molar-refractivity contribution in [2.24, 2.45) is 11.8 Å². The molecule has 0 aliphatic heterocycles. The van der Waals surface area contributed by atoms with Gasteiger partial charge in [-0.1, -0.05) is 56.3 Å². The molecule has 0 fully saturated rings. The zero-order valence-corrected chi connectivity index (χ0v) is 25.0. The quantitative estimate of drug-likeness (QED) is 0.165. The SMILES string of the molecule is COc1ccc(C(CC(=O)O)NC(=O)C(CC(=O)NCc2ccc(NC(=O)Nc3ccccc3C)cc2)CC(C)C)cc1. The van der Waals surface area contributed by atoms with Gasteiger partial charge in [-0.3, -0.25) is 14.4 Å². The number of rotatable bonds is 14. The van der Waals surface area contributed by atoms with Crippen LogP contribution in [0.2, 0.25) is 0 Å². The summed E-state index contributed by atoms with van der Waals surface area (Å²) in [5.41, 5.74) is 3.73. The number of para-hydroxylation sites is 1. The lowest BCUT2D eigenvalue weighted by Crippen LogP contribution is -2.38. The molecule has 43 heavy (non-hydrogen) atoms. The number of benzene rings is 3. The van der Waals surface area contributed by atoms with E-state index < -0.39 is 17.9 Å². The summed E-state index contributed by atoms with van der Waals surface area (Å²) in [7, 11) is 1.54. The number of anilines is 2. The van der Waals surface area contributed by atoms with Crippen molar-refractivity contribution in [3.8, 4) is 5.75 Å². The summed E-state index contributed by atoms with van der Waals surface area (Å²) >= 11 is 0. The van der Waals surface area contributed by atoms with Crippen LogP contribution < -0.4 is 26.0 Å². The number of aliphatic carboxylic acids is 1. The van der Waals surface area contributed by atoms with Crippen molar-refractivity contribution < 1.29 is 29.0 Å². The molecule has 0 saturated carbocycles. The molecule has 10 heteroatoms. The molecule has 2 atom stereocenters. The van der Waals surface area contributed by atoms with Crippen LogP contribution in [0.5, 0.6) is 5.75 Å². The van der Waals surface area contributed by atoms with Gasteiger partial charge in [-0.25, -0.2) is 4.79 Å². The Morgan fingerprint density at radius 1 is 0.860 bits per heavy atom. The molecule has 3 rings (SSSR count). The van der Waals surface area contributed by atoms with Crippen molar-refractivity contribution in [1.82, 2.24) is 10.6 Å². The van der Waals surface area contributed by atoms with Crippen LogP contribution in [-0.4, -0.2) is 36.0 Å². The summed E-state index contributed by atoms with van der Waals surface area (Å²) in [6.45, 7) is 6.09. The third kappa shape index (κ3) is 10.8. The summed E-state index contributed by atoms with van der Waals surface area (Å²) in [5.74, 6) is -1.58. The zero-order chi connectivity index (χ0) is 31.4. The highest BCUT2D eigenvalue weighted by atomic mass is 16.5. The van der Waals surface area contributed by atoms with E-state index in [9.17, 15) is 24.3 Å². The molecule has 5 N–H and O–H groups in total. The van der Waals surface area contributed by atoms with E-state index in [1.54, 1.807) is 48.5 Å². The highest BCUT2D eigenvalue weighted by Crippen LogP contribution is 2.23. The van der Waals surface area contributed by atoms with Crippen LogP contribution in [0.3, 0.4) is 0 Å². The average molecular weight is 589 g/mol. The first kappa shape index (κ1) is 32.7. The number of carboxylic acids is 1. The monoisotopic (exact) mass is 588 g/mol. The van der Waals surface area contributed by atoms with E-state index in [0.29, 0.717) is 23.4 Å². The van der Waals surface area contributed by atoms with Crippen molar-refractivity contribution >= 4 is 35.2 Å². The fourth-order valence-corrected chi connectivity index (χ4v) is 4.61. The van der Waals surface area contributed by atoms with Gasteiger partial charge in [0.1, 0.15) is 5.75 Å². The largest absolute Gasteiger partial charge is 0.497 e. The Morgan fingerprint density at radius 3 is 2.14 bits per heavy atom. The number of methoxy groups -OCH3 is 1. The van der Waals surface area contributed by atoms with Crippen LogP contribution in [0.15, 0.2) is 72.8 Å². The predicted octanol–water partition coefficient (Wildman–Crippen LogP) is 5.65. The minimum Gasteiger partial charge on any atom is -0.497 e. The van der Waals surface area contributed by atoms with Gasteiger partial charge in [0.15, 0.2) is 0 Å². The molecule has 0 saturated heterocycles. The van der Waals surface area contributed by atoms with Gasteiger partial charge in [0.2, 0.25) is 11.8 Å². The number of carboxylic acid groups (broad SMARTS) is 1. The topological polar surface area (TPSA) is 146 Å². The second-order valence-electron chi connectivity index (χ2n) is 10.8. The maximum absolute atomic E-state index is 13.3. The fraction of sp³-hybridized carbons (Fsp3) is 0.333. The molecule has 0 radical (unpaired) electrons. The van der Waals surface area contributed by atoms with Crippen molar-refractivity contribution in [2.45, 2.75) is 52.6 Å². The summed E-state index contributed by atoms with van der Waals surface area (Å²) in [4.78, 5) is 50.0. The highest BCUT2D eigenvalue weighted by molar-refractivity contribution is 6.00. The van der Waals surface area contributed by atoms with Crippen LogP contribution in [0.25, 0.3) is 0 Å². The number of hydrogen-bond donors (Lipinski definition) is 5. The van der Waals surface area contributed by atoms with E-state index in [-0.39, 0.29) is 43.1 Å². The smallest absolute Gasteiger partial charge is 0.323 e. The van der Waals surface area contributed by atoms with E-state index in [1.807, 2.05) is 45.0 Å². The maximum Gasteiger partial charge on any atom is 0.323 e. The van der Waals surface area contributed by atoms with Crippen LogP contribution in [0.1, 0.15) is 55.8 Å². The predicted molar refractivity (Wildman–Crippen MR) is 166 cm³/mol. The Bertz CT molecular complexity index is 1390. The lowest BCUT2D eigenvalue weighted by molar-refractivity contribution is -0.138. The van der Waals surface area contributed by atoms with Gasteiger partial charge in [-0.05, 0) is 66.3 Å². The molecule has 4 amide bonds. The molecule has 0 heterocycles. The van der Waals surface area contributed by atoms with Gasteiger partial charge >= 0.3 is 12.0 Å². The minimum atomic E-state index is -1.05. The minimum absolute atomic E-state index is 0.0366. The number of aryl methyl sites for hydroxylation is 1. The Hall–Kier alpha value is -4.86. The third-order valence-electron chi connectivity index (χ3n) is 6.87. The van der Waals surface area contributed by atoms with E-state index in [0.717, 1.165) is 16.8 Å². The number of carbonyl (C=O) groups is 4. The number of nitrogens with one attached hydrogen (secondary N) is 4. The lowest BCUT2D eigenvalue weighted by atomic mass is 9.92. The fourth-order valence-electron chi connectivity index (χ4n) is 4.61. The van der Waals surface area contributed by atoms with Gasteiger partial charge in [0.25, 0.3) is 0 Å². The summed E-state index contributed by atoms with van der Waals surface area (Å²) in [5, 5.41) is 20.7. The number of amides is 4. The van der Waals surface area contributed by atoms with Crippen LogP contribution >= 0.6 is 0 Å². The molecule has 3 aromatic carbocycles. The molecular formula is C33H40N4O6. The van der Waals surface area contributed by atoms with E-state index in [2.05, 4.69) is 21.3 Å². The Balaban J connectivity index is 1.56. The van der Waals surface area contributed by atoms with Gasteiger partial charge in [0, 0.05) is 30.3 Å². The molecule has 0 aliphatic rings. The van der Waals surface area contributed by atoms with Crippen LogP contribution in [0, 0.1) is 18.8 Å². The first-order valence-electron chi connectivity index (χ1n) is 14.2. The Labute approximate surface area is 252 Å². The normalized spacial score (nSPS) is 12.1. The molecular weight excluding hydrogens is 548 g/mol. The number of urea groups is 1. The van der Waals surface area contributed by atoms with Gasteiger partial charge < -0.3 is 31.1 Å². The number of ether oxygens (including phenoxy) is 1. The van der Waals surface area contributed by atoms with Gasteiger partial charge in [0.05, 0.1) is 19.6 Å². The molecule has 10 nitrogen and oxygen atoms in total. The number of hydrogen-bond acceptors (Lipinski definition) is 5. The van der Waals surface area contributed by atoms with E-state index >= 15 is 0 Å². The molecule has 0 aromatic heterocycles. The third-order valence-corrected chi connectivity index (χ3v) is 6.87. The average Bonchev–Trinajstić information content (AvgIpc) is 2.97.